The summed E-state index contributed by atoms with van der Waals surface area (Å²) in [6.45, 7) is 0.0737. The van der Waals surface area contributed by atoms with Gasteiger partial charge in [0.15, 0.2) is 17.0 Å². The van der Waals surface area contributed by atoms with E-state index in [1.54, 1.807) is 0 Å². The molecule has 0 saturated carbocycles. The van der Waals surface area contributed by atoms with Crippen molar-refractivity contribution in [1.82, 2.24) is 19.5 Å². The molecule has 3 heterocycles. The molecule has 3 rings (SSSR count). The molecule has 3 atom stereocenters. The topological polar surface area (TPSA) is 93.3 Å². The van der Waals surface area contributed by atoms with Crippen LogP contribution in [-0.4, -0.2) is 48.5 Å². The van der Waals surface area contributed by atoms with Gasteiger partial charge in [-0.15, -0.1) is 0 Å². The fourth-order valence-electron chi connectivity index (χ4n) is 1.84. The maximum atomic E-state index is 9.76. The molecule has 3 unspecified atom stereocenters. The molecule has 1 aliphatic rings. The van der Waals surface area contributed by atoms with Gasteiger partial charge >= 0.3 is 0 Å². The molecule has 17 heavy (non-hydrogen) atoms. The van der Waals surface area contributed by atoms with E-state index in [1.807, 2.05) is 0 Å². The third-order valence-electron chi connectivity index (χ3n) is 2.71. The van der Waals surface area contributed by atoms with E-state index in [9.17, 15) is 10.2 Å². The van der Waals surface area contributed by atoms with E-state index in [2.05, 4.69) is 15.0 Å². The Hall–Kier alpha value is -1.28. The number of fused-ring (bicyclic) bond motifs is 1. The first-order valence-corrected chi connectivity index (χ1v) is 5.37. The normalized spacial score (nSPS) is 29.0. The van der Waals surface area contributed by atoms with Crippen LogP contribution >= 0.6 is 11.6 Å². The summed E-state index contributed by atoms with van der Waals surface area (Å²) in [5, 5.41) is 19.4. The molecule has 2 aromatic heterocycles. The third-order valence-corrected chi connectivity index (χ3v) is 2.99. The molecule has 0 spiro atoms. The van der Waals surface area contributed by atoms with Crippen molar-refractivity contribution in [2.75, 3.05) is 6.61 Å². The number of aliphatic hydroxyl groups is 2. The summed E-state index contributed by atoms with van der Waals surface area (Å²) >= 11 is 5.86. The van der Waals surface area contributed by atoms with Crippen LogP contribution in [0.1, 0.15) is 6.23 Å². The highest BCUT2D eigenvalue weighted by atomic mass is 35.5. The summed E-state index contributed by atoms with van der Waals surface area (Å²) in [6, 6.07) is 0. The third kappa shape index (κ3) is 1.59. The summed E-state index contributed by atoms with van der Waals surface area (Å²) < 4.78 is 6.82. The lowest BCUT2D eigenvalue weighted by molar-refractivity contribution is -0.0162. The van der Waals surface area contributed by atoms with Gasteiger partial charge in [0.1, 0.15) is 24.1 Å². The molecular formula is C9H9ClN4O3. The number of halogens is 1. The van der Waals surface area contributed by atoms with Gasteiger partial charge in [0.25, 0.3) is 0 Å². The van der Waals surface area contributed by atoms with E-state index in [4.69, 9.17) is 16.3 Å². The Balaban J connectivity index is 2.10. The summed E-state index contributed by atoms with van der Waals surface area (Å²) in [4.78, 5) is 11.9. The zero-order valence-electron chi connectivity index (χ0n) is 8.56. The lowest BCUT2D eigenvalue weighted by atomic mass is 10.2. The van der Waals surface area contributed by atoms with Crippen molar-refractivity contribution in [3.63, 3.8) is 0 Å². The van der Waals surface area contributed by atoms with Crippen molar-refractivity contribution in [2.45, 2.75) is 18.4 Å². The van der Waals surface area contributed by atoms with Crippen molar-refractivity contribution >= 4 is 22.8 Å². The van der Waals surface area contributed by atoms with Crippen LogP contribution in [0.25, 0.3) is 11.2 Å². The van der Waals surface area contributed by atoms with Gasteiger partial charge in [-0.1, -0.05) is 11.6 Å². The molecule has 8 heteroatoms. The average molecular weight is 257 g/mol. The fraction of sp³-hybridized carbons (Fsp3) is 0.444. The quantitative estimate of drug-likeness (QED) is 0.683. The predicted molar refractivity (Wildman–Crippen MR) is 57.3 cm³/mol. The van der Waals surface area contributed by atoms with Gasteiger partial charge in [0, 0.05) is 0 Å². The molecule has 2 aromatic rings. The number of rotatable bonds is 1. The van der Waals surface area contributed by atoms with Crippen LogP contribution in [0.5, 0.6) is 0 Å². The molecular weight excluding hydrogens is 248 g/mol. The predicted octanol–water partition coefficient (Wildman–Crippen LogP) is -0.270. The van der Waals surface area contributed by atoms with Crippen molar-refractivity contribution in [3.8, 4) is 0 Å². The fourth-order valence-corrected chi connectivity index (χ4v) is 2.02. The Bertz CT molecular complexity index is 560. The van der Waals surface area contributed by atoms with Gasteiger partial charge in [-0.25, -0.2) is 15.0 Å². The van der Waals surface area contributed by atoms with Gasteiger partial charge < -0.3 is 14.9 Å². The van der Waals surface area contributed by atoms with Crippen LogP contribution in [0.2, 0.25) is 5.15 Å². The lowest BCUT2D eigenvalue weighted by Gasteiger charge is -2.16. The highest BCUT2D eigenvalue weighted by Gasteiger charge is 2.36. The minimum Gasteiger partial charge on any atom is -0.388 e. The van der Waals surface area contributed by atoms with Crippen molar-refractivity contribution in [2.24, 2.45) is 0 Å². The molecule has 0 aromatic carbocycles. The minimum atomic E-state index is -1.01. The first kappa shape index (κ1) is 10.8. The Morgan fingerprint density at radius 3 is 2.88 bits per heavy atom. The SMILES string of the molecule is OC1COC(n2cnc3c(Cl)ncnc32)C1O. The van der Waals surface area contributed by atoms with Crippen LogP contribution in [-0.2, 0) is 4.74 Å². The molecule has 7 nitrogen and oxygen atoms in total. The zero-order valence-corrected chi connectivity index (χ0v) is 9.32. The van der Waals surface area contributed by atoms with E-state index in [-0.39, 0.29) is 11.8 Å². The van der Waals surface area contributed by atoms with Gasteiger partial charge in [-0.2, -0.15) is 0 Å². The van der Waals surface area contributed by atoms with Crippen LogP contribution in [0.4, 0.5) is 0 Å². The van der Waals surface area contributed by atoms with Gasteiger partial charge in [0.2, 0.25) is 0 Å². The summed E-state index contributed by atoms with van der Waals surface area (Å²) in [5.74, 6) is 0. The first-order valence-electron chi connectivity index (χ1n) is 4.99. The highest BCUT2D eigenvalue weighted by molar-refractivity contribution is 6.33. The average Bonchev–Trinajstić information content (AvgIpc) is 2.86. The largest absolute Gasteiger partial charge is 0.388 e. The standard InChI is InChI=1S/C9H9ClN4O3/c10-7-5-8(12-2-11-7)14(3-13-5)9-6(16)4(15)1-17-9/h2-4,6,9,15-16H,1H2. The number of hydrogen-bond donors (Lipinski definition) is 2. The molecule has 1 fully saturated rings. The molecule has 2 N–H and O–H groups in total. The van der Waals surface area contributed by atoms with Gasteiger partial charge in [-0.3, -0.25) is 4.57 Å². The number of aliphatic hydroxyl groups excluding tert-OH is 2. The molecule has 1 aliphatic heterocycles. The molecule has 0 radical (unpaired) electrons. The van der Waals surface area contributed by atoms with Gasteiger partial charge in [0.05, 0.1) is 12.9 Å². The molecule has 0 amide bonds. The van der Waals surface area contributed by atoms with Gasteiger partial charge in [-0.05, 0) is 0 Å². The molecule has 0 aliphatic carbocycles. The lowest BCUT2D eigenvalue weighted by Crippen LogP contribution is -2.28. The Morgan fingerprint density at radius 1 is 1.35 bits per heavy atom. The van der Waals surface area contributed by atoms with Crippen LogP contribution in [0.3, 0.4) is 0 Å². The van der Waals surface area contributed by atoms with Crippen LogP contribution in [0, 0.1) is 0 Å². The van der Waals surface area contributed by atoms with Crippen molar-refractivity contribution < 1.29 is 14.9 Å². The highest BCUT2D eigenvalue weighted by Crippen LogP contribution is 2.28. The number of hydrogen-bond acceptors (Lipinski definition) is 6. The van der Waals surface area contributed by atoms with Crippen LogP contribution < -0.4 is 0 Å². The van der Waals surface area contributed by atoms with Crippen molar-refractivity contribution in [3.05, 3.63) is 17.8 Å². The summed E-state index contributed by atoms with van der Waals surface area (Å²) in [6.07, 6.45) is 0.134. The second-order valence-electron chi connectivity index (χ2n) is 3.77. The molecule has 90 valence electrons. The van der Waals surface area contributed by atoms with E-state index < -0.39 is 18.4 Å². The van der Waals surface area contributed by atoms with E-state index in [1.165, 1.54) is 17.2 Å². The Labute approximate surface area is 101 Å². The monoisotopic (exact) mass is 256 g/mol. The van der Waals surface area contributed by atoms with E-state index >= 15 is 0 Å². The number of nitrogens with zero attached hydrogens (tertiary/aromatic N) is 4. The Morgan fingerprint density at radius 2 is 2.18 bits per heavy atom. The summed E-state index contributed by atoms with van der Waals surface area (Å²) in [7, 11) is 0. The van der Waals surface area contributed by atoms with E-state index in [0.717, 1.165) is 0 Å². The minimum absolute atomic E-state index is 0.0737. The Kier molecular flexibility index (Phi) is 2.48. The molecule has 0 bridgehead atoms. The second-order valence-corrected chi connectivity index (χ2v) is 4.13. The van der Waals surface area contributed by atoms with Crippen LogP contribution in [0.15, 0.2) is 12.7 Å². The molecule has 1 saturated heterocycles. The zero-order chi connectivity index (χ0) is 12.0. The second kappa shape index (κ2) is 3.88. The maximum Gasteiger partial charge on any atom is 0.167 e. The van der Waals surface area contributed by atoms with Crippen molar-refractivity contribution in [1.29, 1.82) is 0 Å². The number of aromatic nitrogens is 4. The summed E-state index contributed by atoms with van der Waals surface area (Å²) in [5.41, 5.74) is 0.898. The van der Waals surface area contributed by atoms with E-state index in [0.29, 0.717) is 11.2 Å². The maximum absolute atomic E-state index is 9.76. The smallest absolute Gasteiger partial charge is 0.167 e. The number of ether oxygens (including phenoxy) is 1. The number of imidazole rings is 1. The first-order chi connectivity index (χ1) is 8.18.